The molecule has 0 aliphatic rings. The molecule has 20 heavy (non-hydrogen) atoms. The molecule has 0 rings (SSSR count). The maximum absolute atomic E-state index is 4.08. The Morgan fingerprint density at radius 2 is 1.35 bits per heavy atom. The molecule has 0 bridgehead atoms. The highest BCUT2D eigenvalue weighted by Gasteiger charge is 1.87. The van der Waals surface area contributed by atoms with E-state index >= 15 is 0 Å². The van der Waals surface area contributed by atoms with E-state index < -0.39 is 0 Å². The topological polar surface area (TPSA) is 24.7 Å². The molecule has 0 aliphatic carbocycles. The molecule has 0 unspecified atom stereocenters. The van der Waals surface area contributed by atoms with Crippen molar-refractivity contribution in [1.82, 2.24) is 0 Å². The molecule has 0 N–H and O–H groups in total. The second-order valence-electron chi connectivity index (χ2n) is 2.85. The molecule has 0 aromatic carbocycles. The fourth-order valence-electron chi connectivity index (χ4n) is 0.866. The molecule has 0 spiro atoms. The van der Waals surface area contributed by atoms with Gasteiger partial charge >= 0.3 is 0 Å². The van der Waals surface area contributed by atoms with Crippen LogP contribution in [0.5, 0.6) is 0 Å². The summed E-state index contributed by atoms with van der Waals surface area (Å²) in [4.78, 5) is 0. The quantitative estimate of drug-likeness (QED) is 0.376. The first kappa shape index (κ1) is 23.2. The first-order valence-corrected chi connectivity index (χ1v) is 7.11. The summed E-state index contributed by atoms with van der Waals surface area (Å²) >= 11 is 0. The van der Waals surface area contributed by atoms with Crippen molar-refractivity contribution in [3.63, 3.8) is 0 Å². The molecule has 0 aromatic rings. The van der Waals surface area contributed by atoms with E-state index in [2.05, 4.69) is 23.4 Å². The van der Waals surface area contributed by atoms with Crippen LogP contribution in [0.15, 0.2) is 83.4 Å². The minimum absolute atomic E-state index is 0.720. The summed E-state index contributed by atoms with van der Waals surface area (Å²) < 4.78 is 0. The second-order valence-corrected chi connectivity index (χ2v) is 2.85. The van der Waals surface area contributed by atoms with E-state index in [1.807, 2.05) is 71.9 Å². The molecular formula is C18H30N2. The normalized spacial score (nSPS) is 11.9. The maximum atomic E-state index is 4.08. The van der Waals surface area contributed by atoms with Crippen molar-refractivity contribution in [1.29, 1.82) is 0 Å². The van der Waals surface area contributed by atoms with E-state index in [0.29, 0.717) is 0 Å². The van der Waals surface area contributed by atoms with Crippen LogP contribution in [0, 0.1) is 0 Å². The van der Waals surface area contributed by atoms with E-state index in [4.69, 9.17) is 0 Å². The summed E-state index contributed by atoms with van der Waals surface area (Å²) in [6.07, 6.45) is 14.5. The van der Waals surface area contributed by atoms with Gasteiger partial charge in [-0.1, -0.05) is 65.2 Å². The van der Waals surface area contributed by atoms with Crippen molar-refractivity contribution in [3.05, 3.63) is 73.2 Å². The Labute approximate surface area is 125 Å². The lowest BCUT2D eigenvalue weighted by molar-refractivity contribution is 1.12. The van der Waals surface area contributed by atoms with Gasteiger partial charge < -0.3 is 0 Å². The van der Waals surface area contributed by atoms with E-state index in [1.165, 1.54) is 0 Å². The fourth-order valence-corrected chi connectivity index (χ4v) is 0.866. The Kier molecular flexibility index (Phi) is 25.8. The minimum Gasteiger partial charge on any atom is -0.151 e. The number of hydrogen-bond acceptors (Lipinski definition) is 2. The summed E-state index contributed by atoms with van der Waals surface area (Å²) in [5, 5.41) is 8.15. The third-order valence-electron chi connectivity index (χ3n) is 1.58. The smallest absolute Gasteiger partial charge is 0.0853 e. The van der Waals surface area contributed by atoms with E-state index in [-0.39, 0.29) is 0 Å². The Balaban J connectivity index is -0.000000656. The predicted molar refractivity (Wildman–Crippen MR) is 93.7 cm³/mol. The summed E-state index contributed by atoms with van der Waals surface area (Å²) in [6.45, 7) is 19.2. The summed E-state index contributed by atoms with van der Waals surface area (Å²) in [6, 6.07) is 0. The number of allylic oxidation sites excluding steroid dienone is 8. The van der Waals surface area contributed by atoms with Gasteiger partial charge in [-0.25, -0.2) is 0 Å². The van der Waals surface area contributed by atoms with Crippen LogP contribution >= 0.6 is 0 Å². The zero-order chi connectivity index (χ0) is 16.2. The number of nitrogens with zero attached hydrogens (tertiary/aromatic N) is 2. The SMILES string of the molecule is C=C/C=C(\C=C/C)/N=N\C(C=C)=C\C=C/C.CC.CC. The van der Waals surface area contributed by atoms with Crippen LogP contribution in [-0.2, 0) is 0 Å². The molecule has 2 heteroatoms. The van der Waals surface area contributed by atoms with Gasteiger partial charge in [-0.3, -0.25) is 0 Å². The van der Waals surface area contributed by atoms with Crippen LogP contribution in [0.4, 0.5) is 0 Å². The minimum atomic E-state index is 0.720. The number of azo groups is 1. The number of rotatable bonds is 6. The van der Waals surface area contributed by atoms with Gasteiger partial charge in [-0.2, -0.15) is 10.2 Å². The number of hydrogen-bond donors (Lipinski definition) is 0. The van der Waals surface area contributed by atoms with E-state index in [9.17, 15) is 0 Å². The zero-order valence-electron chi connectivity index (χ0n) is 13.9. The lowest BCUT2D eigenvalue weighted by Crippen LogP contribution is -1.72. The van der Waals surface area contributed by atoms with Gasteiger partial charge in [0.1, 0.15) is 0 Å². The molecule has 112 valence electrons. The van der Waals surface area contributed by atoms with Gasteiger partial charge in [-0.15, -0.1) is 0 Å². The Morgan fingerprint density at radius 3 is 1.75 bits per heavy atom. The average Bonchev–Trinajstić information content (AvgIpc) is 2.52. The van der Waals surface area contributed by atoms with Gasteiger partial charge in [0.25, 0.3) is 0 Å². The monoisotopic (exact) mass is 274 g/mol. The third kappa shape index (κ3) is 16.0. The van der Waals surface area contributed by atoms with Crippen molar-refractivity contribution in [3.8, 4) is 0 Å². The molecule has 0 fully saturated rings. The summed E-state index contributed by atoms with van der Waals surface area (Å²) in [5.74, 6) is 0. The van der Waals surface area contributed by atoms with Crippen LogP contribution in [0.25, 0.3) is 0 Å². The van der Waals surface area contributed by atoms with Crippen LogP contribution in [0.1, 0.15) is 41.5 Å². The summed E-state index contributed by atoms with van der Waals surface area (Å²) in [7, 11) is 0. The largest absolute Gasteiger partial charge is 0.151 e. The molecule has 0 saturated heterocycles. The van der Waals surface area contributed by atoms with Gasteiger partial charge in [0, 0.05) is 0 Å². The molecule has 0 saturated carbocycles. The standard InChI is InChI=1S/C14H18N2.2C2H6/c1-5-9-12-13(8-4)15-16-14(10-6-2)11-7-3;2*1-2/h5-12H,2,4H2,1,3H3;2*1-2H3/b9-5-,11-7-,13-12+,14-10+,16-15-;;. The first-order valence-electron chi connectivity index (χ1n) is 7.11. The average molecular weight is 274 g/mol. The first-order chi connectivity index (χ1) is 9.78. The van der Waals surface area contributed by atoms with Gasteiger partial charge in [0.15, 0.2) is 0 Å². The predicted octanol–water partition coefficient (Wildman–Crippen LogP) is 6.78. The fraction of sp³-hybridized carbons (Fsp3) is 0.333. The molecule has 2 nitrogen and oxygen atoms in total. The Morgan fingerprint density at radius 1 is 0.800 bits per heavy atom. The van der Waals surface area contributed by atoms with Gasteiger partial charge in [-0.05, 0) is 38.2 Å². The van der Waals surface area contributed by atoms with Gasteiger partial charge in [0.05, 0.1) is 11.4 Å². The van der Waals surface area contributed by atoms with Crippen molar-refractivity contribution in [2.24, 2.45) is 10.2 Å². The van der Waals surface area contributed by atoms with Crippen LogP contribution in [-0.4, -0.2) is 0 Å². The molecule has 0 aromatic heterocycles. The van der Waals surface area contributed by atoms with Crippen molar-refractivity contribution >= 4 is 0 Å². The van der Waals surface area contributed by atoms with Crippen LogP contribution in [0.2, 0.25) is 0 Å². The van der Waals surface area contributed by atoms with E-state index in [1.54, 1.807) is 18.2 Å². The van der Waals surface area contributed by atoms with Crippen LogP contribution in [0.3, 0.4) is 0 Å². The maximum Gasteiger partial charge on any atom is 0.0853 e. The lowest BCUT2D eigenvalue weighted by Gasteiger charge is -1.92. The van der Waals surface area contributed by atoms with Crippen LogP contribution < -0.4 is 0 Å². The molecule has 0 aliphatic heterocycles. The second kappa shape index (κ2) is 22.2. The highest BCUT2D eigenvalue weighted by atomic mass is 15.1. The van der Waals surface area contributed by atoms with Crippen molar-refractivity contribution in [2.75, 3.05) is 0 Å². The Hall–Kier alpha value is -1.96. The third-order valence-corrected chi connectivity index (χ3v) is 1.58. The molecule has 0 heterocycles. The van der Waals surface area contributed by atoms with Gasteiger partial charge in [0.2, 0.25) is 0 Å². The van der Waals surface area contributed by atoms with Crippen molar-refractivity contribution < 1.29 is 0 Å². The summed E-state index contributed by atoms with van der Waals surface area (Å²) in [5.41, 5.74) is 1.48. The molecule has 0 amide bonds. The van der Waals surface area contributed by atoms with Crippen molar-refractivity contribution in [2.45, 2.75) is 41.5 Å². The molecule has 0 radical (unpaired) electrons. The highest BCUT2D eigenvalue weighted by Crippen LogP contribution is 2.06. The van der Waals surface area contributed by atoms with E-state index in [0.717, 1.165) is 11.4 Å². The highest BCUT2D eigenvalue weighted by molar-refractivity contribution is 5.23. The molecular weight excluding hydrogens is 244 g/mol. The lowest BCUT2D eigenvalue weighted by atomic mass is 10.3. The Bertz CT molecular complexity index is 367. The molecule has 0 atom stereocenters. The zero-order valence-corrected chi connectivity index (χ0v) is 13.9.